The number of hydrogen-bond acceptors (Lipinski definition) is 7. The summed E-state index contributed by atoms with van der Waals surface area (Å²) in [6.45, 7) is 9.91. The van der Waals surface area contributed by atoms with E-state index in [1.54, 1.807) is 6.07 Å². The fraction of sp³-hybridized carbons (Fsp3) is 0.400. The van der Waals surface area contributed by atoms with E-state index >= 15 is 0 Å². The van der Waals surface area contributed by atoms with Gasteiger partial charge in [-0.3, -0.25) is 4.52 Å². The summed E-state index contributed by atoms with van der Waals surface area (Å²) < 4.78 is 5.89. The monoisotopic (exact) mass is 403 g/mol. The van der Waals surface area contributed by atoms with Crippen LogP contribution in [-0.2, 0) is 10.9 Å². The molecule has 3 rings (SSSR count). The highest BCUT2D eigenvalue weighted by atomic mass is 31.2. The lowest BCUT2D eigenvalue weighted by atomic mass is 10.1. The first-order valence-corrected chi connectivity index (χ1v) is 11.0. The second kappa shape index (κ2) is 7.94. The Labute approximate surface area is 166 Å². The first kappa shape index (κ1) is 20.4. The minimum atomic E-state index is -2.90. The lowest BCUT2D eigenvalue weighted by Gasteiger charge is -2.24. The van der Waals surface area contributed by atoms with Gasteiger partial charge in [-0.05, 0) is 51.0 Å². The molecular weight excluding hydrogens is 375 g/mol. The molecule has 0 radical (unpaired) electrons. The molecule has 150 valence electrons. The van der Waals surface area contributed by atoms with Crippen molar-refractivity contribution < 1.29 is 14.5 Å². The van der Waals surface area contributed by atoms with Crippen molar-refractivity contribution >= 4 is 13.8 Å². The van der Waals surface area contributed by atoms with Crippen LogP contribution in [-0.4, -0.2) is 32.2 Å². The molecule has 0 bridgehead atoms. The van der Waals surface area contributed by atoms with Crippen LogP contribution in [0.15, 0.2) is 35.7 Å². The molecule has 0 aliphatic carbocycles. The minimum Gasteiger partial charge on any atom is -0.508 e. The first-order chi connectivity index (χ1) is 13.2. The Balaban J connectivity index is 1.82. The number of anilines is 1. The summed E-state index contributed by atoms with van der Waals surface area (Å²) in [5.74, 6) is 1.51. The van der Waals surface area contributed by atoms with Crippen molar-refractivity contribution in [2.75, 3.05) is 11.9 Å². The number of hydrogen-bond donors (Lipinski definition) is 4. The molecule has 0 amide bonds. The Bertz CT molecular complexity index is 882. The zero-order valence-electron chi connectivity index (χ0n) is 16.9. The average molecular weight is 403 g/mol. The smallest absolute Gasteiger partial charge is 0.418 e. The van der Waals surface area contributed by atoms with Crippen molar-refractivity contribution in [2.45, 2.75) is 46.7 Å². The van der Waals surface area contributed by atoms with E-state index in [1.165, 1.54) is 0 Å². The largest absolute Gasteiger partial charge is 0.508 e. The maximum atomic E-state index is 11.3. The number of allylic oxidation sites excluding steroid dienone is 2. The summed E-state index contributed by atoms with van der Waals surface area (Å²) in [7, 11) is -2.90. The quantitative estimate of drug-likeness (QED) is 0.545. The fourth-order valence-electron chi connectivity index (χ4n) is 3.24. The van der Waals surface area contributed by atoms with Crippen LogP contribution >= 0.6 is 7.87 Å². The van der Waals surface area contributed by atoms with Crippen molar-refractivity contribution in [3.05, 3.63) is 58.2 Å². The highest BCUT2D eigenvalue weighted by molar-refractivity contribution is 7.64. The predicted octanol–water partition coefficient (Wildman–Crippen LogP) is 3.76. The molecule has 1 aliphatic rings. The van der Waals surface area contributed by atoms with Gasteiger partial charge in [0.2, 0.25) is 5.95 Å². The van der Waals surface area contributed by atoms with Crippen LogP contribution in [0.5, 0.6) is 5.75 Å². The van der Waals surface area contributed by atoms with Crippen LogP contribution in [0.2, 0.25) is 0 Å². The van der Waals surface area contributed by atoms with Gasteiger partial charge < -0.3 is 10.4 Å². The molecule has 1 aromatic carbocycles. The third-order valence-electron chi connectivity index (χ3n) is 4.84. The molecule has 4 N–H and O–H groups in total. The summed E-state index contributed by atoms with van der Waals surface area (Å²) in [5, 5.41) is 16.2. The average Bonchev–Trinajstić information content (AvgIpc) is 2.87. The summed E-state index contributed by atoms with van der Waals surface area (Å²) >= 11 is 0. The lowest BCUT2D eigenvalue weighted by Crippen LogP contribution is -2.31. The number of benzene rings is 1. The molecule has 2 heterocycles. The molecule has 8 heteroatoms. The second-order valence-corrected chi connectivity index (χ2v) is 9.72. The van der Waals surface area contributed by atoms with Gasteiger partial charge in [-0.15, -0.1) is 0 Å². The highest BCUT2D eigenvalue weighted by Crippen LogP contribution is 2.63. The zero-order chi connectivity index (χ0) is 20.5. The van der Waals surface area contributed by atoms with Crippen molar-refractivity contribution in [1.82, 2.24) is 15.1 Å². The maximum Gasteiger partial charge on any atom is 0.418 e. The van der Waals surface area contributed by atoms with Gasteiger partial charge >= 0.3 is 7.87 Å². The van der Waals surface area contributed by atoms with Gasteiger partial charge in [-0.2, -0.15) is 4.89 Å². The molecule has 1 aromatic heterocycles. The second-order valence-electron chi connectivity index (χ2n) is 7.34. The molecule has 2 atom stereocenters. The number of aromatic nitrogens is 2. The van der Waals surface area contributed by atoms with Crippen LogP contribution < -0.4 is 10.4 Å². The number of phenols is 1. The third-order valence-corrected chi connectivity index (χ3v) is 7.40. The van der Waals surface area contributed by atoms with Gasteiger partial charge in [0.05, 0.1) is 12.2 Å². The van der Waals surface area contributed by atoms with E-state index in [9.17, 15) is 10.00 Å². The predicted molar refractivity (Wildman–Crippen MR) is 112 cm³/mol. The third kappa shape index (κ3) is 4.54. The van der Waals surface area contributed by atoms with Crippen molar-refractivity contribution in [3.8, 4) is 5.75 Å². The first-order valence-electron chi connectivity index (χ1n) is 9.28. The summed E-state index contributed by atoms with van der Waals surface area (Å²) in [6.07, 6.45) is 0.580. The molecule has 0 saturated heterocycles. The van der Waals surface area contributed by atoms with Crippen molar-refractivity contribution in [3.63, 3.8) is 0 Å². The van der Waals surface area contributed by atoms with E-state index in [2.05, 4.69) is 20.4 Å². The Morgan fingerprint density at radius 1 is 1.11 bits per heavy atom. The van der Waals surface area contributed by atoms with E-state index in [1.807, 2.05) is 52.8 Å². The summed E-state index contributed by atoms with van der Waals surface area (Å²) in [5.41, 5.74) is 4.22. The highest BCUT2D eigenvalue weighted by Gasteiger charge is 2.53. The van der Waals surface area contributed by atoms with E-state index in [0.717, 1.165) is 28.2 Å². The zero-order valence-corrected chi connectivity index (χ0v) is 17.8. The van der Waals surface area contributed by atoms with Crippen molar-refractivity contribution in [1.29, 1.82) is 0 Å². The molecule has 28 heavy (non-hydrogen) atoms. The van der Waals surface area contributed by atoms with Crippen LogP contribution in [0.3, 0.4) is 0 Å². The number of nitrogens with one attached hydrogen (secondary N) is 2. The minimum absolute atomic E-state index is 0.228. The Morgan fingerprint density at radius 3 is 2.36 bits per heavy atom. The molecule has 0 spiro atoms. The van der Waals surface area contributed by atoms with Crippen LogP contribution in [0, 0.1) is 20.8 Å². The molecule has 7 nitrogen and oxygen atoms in total. The number of aromatic hydroxyl groups is 1. The van der Waals surface area contributed by atoms with Gasteiger partial charge in [-0.1, -0.05) is 12.1 Å². The number of aryl methyl sites for hydroxylation is 3. The van der Waals surface area contributed by atoms with Gasteiger partial charge in [0.1, 0.15) is 5.75 Å². The summed E-state index contributed by atoms with van der Waals surface area (Å²) in [6, 6.07) is 7.41. The van der Waals surface area contributed by atoms with E-state index in [0.29, 0.717) is 24.7 Å². The fourth-order valence-corrected chi connectivity index (χ4v) is 5.60. The van der Waals surface area contributed by atoms with Crippen LogP contribution in [0.1, 0.15) is 36.4 Å². The Kier molecular flexibility index (Phi) is 5.77. The normalized spacial score (nSPS) is 19.9. The van der Waals surface area contributed by atoms with E-state index in [-0.39, 0.29) is 11.4 Å². The van der Waals surface area contributed by atoms with Gasteiger partial charge in [-0.25, -0.2) is 15.1 Å². The summed E-state index contributed by atoms with van der Waals surface area (Å²) in [4.78, 5) is 20.1. The Morgan fingerprint density at radius 2 is 1.79 bits per heavy atom. The number of nitrogens with zero attached hydrogens (tertiary/aromatic N) is 2. The molecule has 1 aliphatic heterocycles. The standard InChI is InChI=1S/C20H27N4O3P/c1-12-8-17(6-7-19(12)25)10-18(28(26)24-15(4)16(5)27-28)11-21-20-22-13(2)9-14(3)23-20/h6-9,18,24,26H,10-11H2,1-5H3,(H-,21,22,23,25)/p+1. The van der Waals surface area contributed by atoms with E-state index in [4.69, 9.17) is 4.52 Å². The van der Waals surface area contributed by atoms with Crippen LogP contribution in [0.25, 0.3) is 0 Å². The molecule has 2 aromatic rings. The number of phenolic OH excluding ortho intramolecular Hbond substituents is 1. The molecule has 2 unspecified atom stereocenters. The van der Waals surface area contributed by atoms with Crippen molar-refractivity contribution in [2.24, 2.45) is 0 Å². The Hall–Kier alpha value is -2.37. The molecular formula is C20H28N4O3P+. The lowest BCUT2D eigenvalue weighted by molar-refractivity contribution is 0.374. The SMILES string of the molecule is CC1=C(C)O[P+](O)(C(CNc2nc(C)cc(C)n2)Cc2ccc(O)c(C)c2)N1. The van der Waals surface area contributed by atoms with E-state index < -0.39 is 7.87 Å². The number of rotatable bonds is 6. The van der Waals surface area contributed by atoms with Gasteiger partial charge in [0.15, 0.2) is 11.4 Å². The van der Waals surface area contributed by atoms with Crippen LogP contribution in [0.4, 0.5) is 5.95 Å². The maximum absolute atomic E-state index is 11.3. The topological polar surface area (TPSA) is 99.5 Å². The molecule has 0 saturated carbocycles. The van der Waals surface area contributed by atoms with Gasteiger partial charge in [0.25, 0.3) is 0 Å². The van der Waals surface area contributed by atoms with Gasteiger partial charge in [0, 0.05) is 24.7 Å². The molecule has 0 fully saturated rings.